The van der Waals surface area contributed by atoms with Crippen LogP contribution in [0.25, 0.3) is 0 Å². The van der Waals surface area contributed by atoms with Gasteiger partial charge in [-0.1, -0.05) is 19.9 Å². The molecular formula is C12H17FO. The smallest absolute Gasteiger partial charge is 0.165 e. The van der Waals surface area contributed by atoms with Gasteiger partial charge >= 0.3 is 0 Å². The predicted octanol–water partition coefficient (Wildman–Crippen LogP) is 3.74. The van der Waals surface area contributed by atoms with Gasteiger partial charge in [0.2, 0.25) is 0 Å². The Kier molecular flexibility index (Phi) is 3.50. The van der Waals surface area contributed by atoms with Crippen molar-refractivity contribution in [3.05, 3.63) is 29.6 Å². The quantitative estimate of drug-likeness (QED) is 0.715. The zero-order valence-electron chi connectivity index (χ0n) is 9.17. The number of benzene rings is 1. The molecule has 0 saturated heterocycles. The van der Waals surface area contributed by atoms with Crippen molar-refractivity contribution in [2.45, 2.75) is 39.7 Å². The van der Waals surface area contributed by atoms with E-state index in [4.69, 9.17) is 4.74 Å². The lowest BCUT2D eigenvalue weighted by molar-refractivity contribution is 0.231. The average molecular weight is 196 g/mol. The number of halogens is 1. The van der Waals surface area contributed by atoms with Gasteiger partial charge in [0, 0.05) is 0 Å². The molecule has 1 aromatic carbocycles. The summed E-state index contributed by atoms with van der Waals surface area (Å²) in [5.41, 5.74) is 0.999. The van der Waals surface area contributed by atoms with E-state index in [1.165, 1.54) is 0 Å². The number of rotatable bonds is 3. The molecule has 0 atom stereocenters. The molecule has 1 nitrogen and oxygen atoms in total. The second kappa shape index (κ2) is 4.45. The zero-order valence-corrected chi connectivity index (χ0v) is 9.17. The Bertz CT molecular complexity index is 305. The van der Waals surface area contributed by atoms with Crippen LogP contribution in [0.3, 0.4) is 0 Å². The average Bonchev–Trinajstić information content (AvgIpc) is 2.07. The molecule has 2 heteroatoms. The highest BCUT2D eigenvalue weighted by atomic mass is 19.1. The van der Waals surface area contributed by atoms with Gasteiger partial charge in [-0.25, -0.2) is 4.39 Å². The van der Waals surface area contributed by atoms with E-state index in [9.17, 15) is 4.39 Å². The highest BCUT2D eigenvalue weighted by molar-refractivity contribution is 5.30. The first kappa shape index (κ1) is 11.0. The summed E-state index contributed by atoms with van der Waals surface area (Å²) in [5, 5.41) is 0. The predicted molar refractivity (Wildman–Crippen MR) is 56.3 cm³/mol. The summed E-state index contributed by atoms with van der Waals surface area (Å²) < 4.78 is 18.8. The Labute approximate surface area is 84.9 Å². The van der Waals surface area contributed by atoms with Crippen LogP contribution in [0.5, 0.6) is 5.75 Å². The maximum absolute atomic E-state index is 13.4. The highest BCUT2D eigenvalue weighted by Crippen LogP contribution is 2.23. The lowest BCUT2D eigenvalue weighted by atomic mass is 10.0. The van der Waals surface area contributed by atoms with Gasteiger partial charge in [-0.05, 0) is 37.5 Å². The van der Waals surface area contributed by atoms with Crippen molar-refractivity contribution in [1.82, 2.24) is 0 Å². The molecule has 0 amide bonds. The lowest BCUT2D eigenvalue weighted by Gasteiger charge is -2.12. The Hall–Kier alpha value is -1.05. The van der Waals surface area contributed by atoms with E-state index in [2.05, 4.69) is 0 Å². The molecule has 78 valence electrons. The summed E-state index contributed by atoms with van der Waals surface area (Å²) >= 11 is 0. The fourth-order valence-electron chi connectivity index (χ4n) is 1.23. The van der Waals surface area contributed by atoms with Crippen LogP contribution in [0.15, 0.2) is 18.2 Å². The van der Waals surface area contributed by atoms with Gasteiger partial charge in [0.25, 0.3) is 0 Å². The molecule has 1 aromatic rings. The number of hydrogen-bond donors (Lipinski definition) is 0. The van der Waals surface area contributed by atoms with Crippen LogP contribution in [0, 0.1) is 5.82 Å². The van der Waals surface area contributed by atoms with Crippen LogP contribution in [0.2, 0.25) is 0 Å². The van der Waals surface area contributed by atoms with Gasteiger partial charge < -0.3 is 4.74 Å². The first-order chi connectivity index (χ1) is 6.50. The second-order valence-corrected chi connectivity index (χ2v) is 4.01. The Morgan fingerprint density at radius 2 is 1.79 bits per heavy atom. The van der Waals surface area contributed by atoms with Gasteiger partial charge in [-0.3, -0.25) is 0 Å². The van der Waals surface area contributed by atoms with Gasteiger partial charge in [0.1, 0.15) is 0 Å². The summed E-state index contributed by atoms with van der Waals surface area (Å²) in [7, 11) is 0. The van der Waals surface area contributed by atoms with Crippen molar-refractivity contribution in [3.8, 4) is 5.75 Å². The minimum atomic E-state index is -0.273. The Balaban J connectivity index is 2.90. The molecule has 0 aliphatic rings. The molecule has 0 radical (unpaired) electrons. The minimum absolute atomic E-state index is 0.00870. The lowest BCUT2D eigenvalue weighted by Crippen LogP contribution is -2.07. The van der Waals surface area contributed by atoms with Crippen LogP contribution in [-0.2, 0) is 0 Å². The summed E-state index contributed by atoms with van der Waals surface area (Å²) in [4.78, 5) is 0. The molecule has 0 saturated carbocycles. The first-order valence-corrected chi connectivity index (χ1v) is 4.96. The van der Waals surface area contributed by atoms with Crippen molar-refractivity contribution in [2.75, 3.05) is 0 Å². The van der Waals surface area contributed by atoms with Gasteiger partial charge in [0.05, 0.1) is 6.10 Å². The normalized spacial score (nSPS) is 11.1. The summed E-state index contributed by atoms with van der Waals surface area (Å²) in [6, 6.07) is 5.15. The molecule has 0 fully saturated rings. The monoisotopic (exact) mass is 196 g/mol. The number of hydrogen-bond acceptors (Lipinski definition) is 1. The maximum atomic E-state index is 13.4. The maximum Gasteiger partial charge on any atom is 0.165 e. The van der Waals surface area contributed by atoms with E-state index in [0.29, 0.717) is 11.7 Å². The SMILES string of the molecule is CC(C)Oc1ccc(C(C)C)cc1F. The molecule has 0 bridgehead atoms. The van der Waals surface area contributed by atoms with Crippen LogP contribution in [0.4, 0.5) is 4.39 Å². The van der Waals surface area contributed by atoms with Crippen molar-refractivity contribution in [1.29, 1.82) is 0 Å². The number of ether oxygens (including phenoxy) is 1. The molecule has 0 spiro atoms. The molecule has 0 N–H and O–H groups in total. The Morgan fingerprint density at radius 3 is 2.21 bits per heavy atom. The fourth-order valence-corrected chi connectivity index (χ4v) is 1.23. The minimum Gasteiger partial charge on any atom is -0.488 e. The van der Waals surface area contributed by atoms with Crippen LogP contribution in [0.1, 0.15) is 39.2 Å². The third-order valence-electron chi connectivity index (χ3n) is 1.99. The molecule has 0 aliphatic heterocycles. The largest absolute Gasteiger partial charge is 0.488 e. The topological polar surface area (TPSA) is 9.23 Å². The van der Waals surface area contributed by atoms with Crippen molar-refractivity contribution in [3.63, 3.8) is 0 Å². The van der Waals surface area contributed by atoms with E-state index in [0.717, 1.165) is 5.56 Å². The molecule has 0 heterocycles. The van der Waals surface area contributed by atoms with Crippen molar-refractivity contribution >= 4 is 0 Å². The van der Waals surface area contributed by atoms with E-state index >= 15 is 0 Å². The first-order valence-electron chi connectivity index (χ1n) is 4.96. The second-order valence-electron chi connectivity index (χ2n) is 4.01. The van der Waals surface area contributed by atoms with Crippen LogP contribution in [-0.4, -0.2) is 6.10 Å². The van der Waals surface area contributed by atoms with E-state index in [-0.39, 0.29) is 11.9 Å². The van der Waals surface area contributed by atoms with Crippen molar-refractivity contribution in [2.24, 2.45) is 0 Å². The molecular weight excluding hydrogens is 179 g/mol. The summed E-state index contributed by atoms with van der Waals surface area (Å²) in [5.74, 6) is 0.409. The third kappa shape index (κ3) is 2.72. The van der Waals surface area contributed by atoms with E-state index < -0.39 is 0 Å². The molecule has 1 rings (SSSR count). The molecule has 0 aliphatic carbocycles. The van der Waals surface area contributed by atoms with Crippen LogP contribution < -0.4 is 4.74 Å². The summed E-state index contributed by atoms with van der Waals surface area (Å²) in [6.07, 6.45) is 0.00870. The molecule has 14 heavy (non-hydrogen) atoms. The summed E-state index contributed by atoms with van der Waals surface area (Å²) in [6.45, 7) is 7.85. The molecule has 0 unspecified atom stereocenters. The van der Waals surface area contributed by atoms with Crippen molar-refractivity contribution < 1.29 is 9.13 Å². The fraction of sp³-hybridized carbons (Fsp3) is 0.500. The highest BCUT2D eigenvalue weighted by Gasteiger charge is 2.07. The molecule has 0 aromatic heterocycles. The van der Waals surface area contributed by atoms with Gasteiger partial charge in [-0.15, -0.1) is 0 Å². The van der Waals surface area contributed by atoms with Crippen LogP contribution >= 0.6 is 0 Å². The third-order valence-corrected chi connectivity index (χ3v) is 1.99. The van der Waals surface area contributed by atoms with E-state index in [1.807, 2.05) is 33.8 Å². The zero-order chi connectivity index (χ0) is 10.7. The standard InChI is InChI=1S/C12H17FO/c1-8(2)10-5-6-12(11(13)7-10)14-9(3)4/h5-9H,1-4H3. The van der Waals surface area contributed by atoms with Gasteiger partial charge in [0.15, 0.2) is 11.6 Å². The van der Waals surface area contributed by atoms with E-state index in [1.54, 1.807) is 12.1 Å². The van der Waals surface area contributed by atoms with Gasteiger partial charge in [-0.2, -0.15) is 0 Å². The Morgan fingerprint density at radius 1 is 1.14 bits per heavy atom.